The van der Waals surface area contributed by atoms with Crippen LogP contribution >= 0.6 is 0 Å². The Hall–Kier alpha value is -2.69. The Bertz CT molecular complexity index is 706. The first-order chi connectivity index (χ1) is 9.33. The number of H-pyrrole nitrogens is 1. The molecule has 0 saturated heterocycles. The molecule has 94 valence electrons. The van der Waals surface area contributed by atoms with Gasteiger partial charge in [0, 0.05) is 29.9 Å². The molecule has 0 fully saturated rings. The summed E-state index contributed by atoms with van der Waals surface area (Å²) in [5.41, 5.74) is 2.49. The van der Waals surface area contributed by atoms with Crippen molar-refractivity contribution in [2.24, 2.45) is 0 Å². The number of hydrogen-bond donors (Lipinski definition) is 2. The fourth-order valence-corrected chi connectivity index (χ4v) is 1.86. The van der Waals surface area contributed by atoms with Crippen molar-refractivity contribution in [1.29, 1.82) is 0 Å². The summed E-state index contributed by atoms with van der Waals surface area (Å²) in [7, 11) is 0. The predicted molar refractivity (Wildman–Crippen MR) is 71.5 cm³/mol. The van der Waals surface area contributed by atoms with Gasteiger partial charge in [0.15, 0.2) is 0 Å². The second-order valence-corrected chi connectivity index (χ2v) is 4.21. The van der Waals surface area contributed by atoms with Crippen LogP contribution in [0.5, 0.6) is 0 Å². The van der Waals surface area contributed by atoms with Crippen molar-refractivity contribution in [3.05, 3.63) is 60.0 Å². The van der Waals surface area contributed by atoms with E-state index >= 15 is 0 Å². The first kappa shape index (κ1) is 11.4. The largest absolute Gasteiger partial charge is 0.348 e. The monoisotopic (exact) mass is 252 g/mol. The molecule has 2 heterocycles. The summed E-state index contributed by atoms with van der Waals surface area (Å²) in [5.74, 6) is -0.103. The zero-order valence-electron chi connectivity index (χ0n) is 10.1. The van der Waals surface area contributed by atoms with Gasteiger partial charge in [0.05, 0.1) is 11.7 Å². The number of benzene rings is 1. The molecule has 2 N–H and O–H groups in total. The zero-order valence-corrected chi connectivity index (χ0v) is 10.1. The molecular weight excluding hydrogens is 240 g/mol. The van der Waals surface area contributed by atoms with E-state index in [1.165, 1.54) is 0 Å². The van der Waals surface area contributed by atoms with Gasteiger partial charge in [-0.15, -0.1) is 0 Å². The highest BCUT2D eigenvalue weighted by atomic mass is 16.1. The standard InChI is InChI=1S/C14H12N4O/c19-14(16-8-10-3-5-15-6-4-10)11-1-2-12-9-17-18-13(12)7-11/h1-7,9H,8H2,(H,16,19)(H,17,18). The van der Waals surface area contributed by atoms with Gasteiger partial charge in [-0.2, -0.15) is 5.10 Å². The van der Waals surface area contributed by atoms with Gasteiger partial charge >= 0.3 is 0 Å². The van der Waals surface area contributed by atoms with Crippen molar-refractivity contribution in [3.8, 4) is 0 Å². The molecule has 0 aliphatic heterocycles. The number of amides is 1. The SMILES string of the molecule is O=C(NCc1ccncc1)c1ccc2cn[nH]c2c1. The summed E-state index contributed by atoms with van der Waals surface area (Å²) in [6.07, 6.45) is 5.14. The third-order valence-electron chi connectivity index (χ3n) is 2.91. The van der Waals surface area contributed by atoms with E-state index in [0.717, 1.165) is 16.5 Å². The molecular formula is C14H12N4O. The molecule has 0 radical (unpaired) electrons. The molecule has 0 unspecified atom stereocenters. The van der Waals surface area contributed by atoms with E-state index in [2.05, 4.69) is 20.5 Å². The molecule has 3 aromatic rings. The van der Waals surface area contributed by atoms with Gasteiger partial charge in [0.25, 0.3) is 5.91 Å². The van der Waals surface area contributed by atoms with E-state index in [0.29, 0.717) is 12.1 Å². The average molecular weight is 252 g/mol. The number of fused-ring (bicyclic) bond motifs is 1. The summed E-state index contributed by atoms with van der Waals surface area (Å²) in [4.78, 5) is 16.0. The van der Waals surface area contributed by atoms with E-state index in [1.807, 2.05) is 18.2 Å². The van der Waals surface area contributed by atoms with Crippen molar-refractivity contribution in [1.82, 2.24) is 20.5 Å². The Morgan fingerprint density at radius 3 is 2.89 bits per heavy atom. The molecule has 3 rings (SSSR count). The number of carbonyl (C=O) groups is 1. The normalized spacial score (nSPS) is 10.5. The Balaban J connectivity index is 1.73. The lowest BCUT2D eigenvalue weighted by molar-refractivity contribution is 0.0951. The van der Waals surface area contributed by atoms with Crippen molar-refractivity contribution < 1.29 is 4.79 Å². The molecule has 1 aromatic carbocycles. The van der Waals surface area contributed by atoms with Crippen molar-refractivity contribution in [2.45, 2.75) is 6.54 Å². The van der Waals surface area contributed by atoms with Crippen LogP contribution in [0.15, 0.2) is 48.9 Å². The Labute approximate surface area is 109 Å². The molecule has 5 heteroatoms. The molecule has 2 aromatic heterocycles. The Kier molecular flexibility index (Phi) is 2.94. The van der Waals surface area contributed by atoms with Crippen LogP contribution in [-0.4, -0.2) is 21.1 Å². The minimum absolute atomic E-state index is 0.103. The summed E-state index contributed by atoms with van der Waals surface area (Å²) >= 11 is 0. The zero-order chi connectivity index (χ0) is 13.1. The van der Waals surface area contributed by atoms with E-state index in [-0.39, 0.29) is 5.91 Å². The number of rotatable bonds is 3. The fraction of sp³-hybridized carbons (Fsp3) is 0.0714. The molecule has 0 spiro atoms. The third kappa shape index (κ3) is 2.44. The minimum atomic E-state index is -0.103. The second-order valence-electron chi connectivity index (χ2n) is 4.21. The van der Waals surface area contributed by atoms with Crippen LogP contribution in [0.3, 0.4) is 0 Å². The molecule has 0 atom stereocenters. The van der Waals surface area contributed by atoms with Crippen LogP contribution in [-0.2, 0) is 6.54 Å². The van der Waals surface area contributed by atoms with Crippen LogP contribution < -0.4 is 5.32 Å². The number of aromatic amines is 1. The maximum atomic E-state index is 12.0. The van der Waals surface area contributed by atoms with Crippen molar-refractivity contribution in [3.63, 3.8) is 0 Å². The van der Waals surface area contributed by atoms with Gasteiger partial charge in [0.2, 0.25) is 0 Å². The lowest BCUT2D eigenvalue weighted by Gasteiger charge is -2.05. The predicted octanol–water partition coefficient (Wildman–Crippen LogP) is 1.89. The van der Waals surface area contributed by atoms with Gasteiger partial charge in [-0.1, -0.05) is 6.07 Å². The van der Waals surface area contributed by atoms with Gasteiger partial charge < -0.3 is 5.32 Å². The average Bonchev–Trinajstić information content (AvgIpc) is 2.93. The van der Waals surface area contributed by atoms with Crippen LogP contribution in [0.2, 0.25) is 0 Å². The summed E-state index contributed by atoms with van der Waals surface area (Å²) in [6.45, 7) is 0.488. The molecule has 1 amide bonds. The van der Waals surface area contributed by atoms with Gasteiger partial charge in [-0.3, -0.25) is 14.9 Å². The van der Waals surface area contributed by atoms with Crippen molar-refractivity contribution >= 4 is 16.8 Å². The first-order valence-electron chi connectivity index (χ1n) is 5.93. The number of pyridine rings is 1. The van der Waals surface area contributed by atoms with Gasteiger partial charge in [-0.25, -0.2) is 0 Å². The number of hydrogen-bond acceptors (Lipinski definition) is 3. The number of nitrogens with zero attached hydrogens (tertiary/aromatic N) is 2. The smallest absolute Gasteiger partial charge is 0.251 e. The molecule has 19 heavy (non-hydrogen) atoms. The molecule has 0 aliphatic carbocycles. The topological polar surface area (TPSA) is 70.7 Å². The van der Waals surface area contributed by atoms with Crippen LogP contribution in [0, 0.1) is 0 Å². The molecule has 0 bridgehead atoms. The molecule has 0 aliphatic rings. The van der Waals surface area contributed by atoms with E-state index in [9.17, 15) is 4.79 Å². The Morgan fingerprint density at radius 1 is 1.21 bits per heavy atom. The second kappa shape index (κ2) is 4.89. The Morgan fingerprint density at radius 2 is 2.05 bits per heavy atom. The fourth-order valence-electron chi connectivity index (χ4n) is 1.86. The summed E-state index contributed by atoms with van der Waals surface area (Å²) < 4.78 is 0. The van der Waals surface area contributed by atoms with Crippen LogP contribution in [0.4, 0.5) is 0 Å². The number of aromatic nitrogens is 3. The van der Waals surface area contributed by atoms with Crippen LogP contribution in [0.25, 0.3) is 10.9 Å². The third-order valence-corrected chi connectivity index (χ3v) is 2.91. The first-order valence-corrected chi connectivity index (χ1v) is 5.93. The minimum Gasteiger partial charge on any atom is -0.348 e. The quantitative estimate of drug-likeness (QED) is 0.747. The highest BCUT2D eigenvalue weighted by Crippen LogP contribution is 2.12. The number of carbonyl (C=O) groups excluding carboxylic acids is 1. The maximum absolute atomic E-state index is 12.0. The summed E-state index contributed by atoms with van der Waals surface area (Å²) in [5, 5.41) is 10.6. The van der Waals surface area contributed by atoms with Crippen LogP contribution in [0.1, 0.15) is 15.9 Å². The van der Waals surface area contributed by atoms with E-state index in [1.54, 1.807) is 30.7 Å². The lowest BCUT2D eigenvalue weighted by atomic mass is 10.1. The van der Waals surface area contributed by atoms with Crippen molar-refractivity contribution in [2.75, 3.05) is 0 Å². The molecule has 5 nitrogen and oxygen atoms in total. The number of nitrogens with one attached hydrogen (secondary N) is 2. The van der Waals surface area contributed by atoms with Gasteiger partial charge in [-0.05, 0) is 29.8 Å². The van der Waals surface area contributed by atoms with Gasteiger partial charge in [0.1, 0.15) is 0 Å². The maximum Gasteiger partial charge on any atom is 0.251 e. The molecule has 0 saturated carbocycles. The highest BCUT2D eigenvalue weighted by Gasteiger charge is 2.06. The van der Waals surface area contributed by atoms with E-state index < -0.39 is 0 Å². The highest BCUT2D eigenvalue weighted by molar-refractivity contribution is 5.97. The lowest BCUT2D eigenvalue weighted by Crippen LogP contribution is -2.22. The summed E-state index contributed by atoms with van der Waals surface area (Å²) in [6, 6.07) is 9.21. The van der Waals surface area contributed by atoms with E-state index in [4.69, 9.17) is 0 Å².